The van der Waals surface area contributed by atoms with Crippen molar-refractivity contribution in [3.63, 3.8) is 0 Å². The molecule has 3 nitrogen and oxygen atoms in total. The largest absolute Gasteiger partial charge is 0.366 e. The molecule has 0 rings (SSSR count). The maximum Gasteiger partial charge on any atom is 0.245 e. The number of rotatable bonds is 4. The molecule has 0 aromatic rings. The Morgan fingerprint density at radius 2 is 2.09 bits per heavy atom. The van der Waals surface area contributed by atoms with Gasteiger partial charge in [-0.15, -0.1) is 0 Å². The van der Waals surface area contributed by atoms with E-state index < -0.39 is 5.91 Å². The summed E-state index contributed by atoms with van der Waals surface area (Å²) in [6.07, 6.45) is 0.856. The van der Waals surface area contributed by atoms with Crippen LogP contribution in [0.1, 0.15) is 13.3 Å². The Hall–Kier alpha value is -0.830. The average Bonchev–Trinajstić information content (AvgIpc) is 1.88. The standard InChI is InChI=1S/C8H16N2O/c1-5-7(10(3)4)6(2)8(9)11/h7H,2,5H2,1,3-4H3,(H2,9,11). The zero-order valence-corrected chi connectivity index (χ0v) is 7.42. The number of nitrogens with zero attached hydrogens (tertiary/aromatic N) is 1. The van der Waals surface area contributed by atoms with Crippen LogP contribution in [0.4, 0.5) is 0 Å². The third kappa shape index (κ3) is 2.72. The van der Waals surface area contributed by atoms with Gasteiger partial charge in [0.2, 0.25) is 5.91 Å². The van der Waals surface area contributed by atoms with E-state index in [1.54, 1.807) is 0 Å². The van der Waals surface area contributed by atoms with Crippen molar-refractivity contribution in [2.75, 3.05) is 14.1 Å². The van der Waals surface area contributed by atoms with Gasteiger partial charge in [-0.2, -0.15) is 0 Å². The molecule has 0 bridgehead atoms. The molecule has 0 fully saturated rings. The second-order valence-electron chi connectivity index (χ2n) is 2.78. The molecule has 11 heavy (non-hydrogen) atoms. The van der Waals surface area contributed by atoms with E-state index in [2.05, 4.69) is 6.58 Å². The van der Waals surface area contributed by atoms with Gasteiger partial charge in [0, 0.05) is 11.6 Å². The molecule has 1 unspecified atom stereocenters. The molecule has 0 aliphatic carbocycles. The molecular formula is C8H16N2O. The van der Waals surface area contributed by atoms with Crippen LogP contribution < -0.4 is 5.73 Å². The highest BCUT2D eigenvalue weighted by Gasteiger charge is 2.16. The lowest BCUT2D eigenvalue weighted by Crippen LogP contribution is -2.34. The molecule has 0 saturated carbocycles. The van der Waals surface area contributed by atoms with Gasteiger partial charge in [-0.05, 0) is 20.5 Å². The van der Waals surface area contributed by atoms with Gasteiger partial charge in [-0.25, -0.2) is 0 Å². The van der Waals surface area contributed by atoms with E-state index in [4.69, 9.17) is 5.73 Å². The monoisotopic (exact) mass is 156 g/mol. The van der Waals surface area contributed by atoms with Crippen LogP contribution in [0.5, 0.6) is 0 Å². The number of nitrogens with two attached hydrogens (primary N) is 1. The van der Waals surface area contributed by atoms with Crippen molar-refractivity contribution in [1.29, 1.82) is 0 Å². The van der Waals surface area contributed by atoms with Crippen LogP contribution in [0, 0.1) is 0 Å². The summed E-state index contributed by atoms with van der Waals surface area (Å²) in [6.45, 7) is 5.63. The summed E-state index contributed by atoms with van der Waals surface area (Å²) >= 11 is 0. The summed E-state index contributed by atoms with van der Waals surface area (Å²) in [5.74, 6) is -0.412. The maximum atomic E-state index is 10.7. The van der Waals surface area contributed by atoms with Crippen molar-refractivity contribution in [3.8, 4) is 0 Å². The predicted molar refractivity (Wildman–Crippen MR) is 46.1 cm³/mol. The number of hydrogen-bond acceptors (Lipinski definition) is 2. The van der Waals surface area contributed by atoms with Gasteiger partial charge >= 0.3 is 0 Å². The third-order valence-corrected chi connectivity index (χ3v) is 1.73. The van der Waals surface area contributed by atoms with E-state index in [1.165, 1.54) is 0 Å². The molecule has 0 heterocycles. The number of carbonyl (C=O) groups excluding carboxylic acids is 1. The SMILES string of the molecule is C=C(C(N)=O)C(CC)N(C)C. The normalized spacial score (nSPS) is 13.1. The highest BCUT2D eigenvalue weighted by molar-refractivity contribution is 5.92. The highest BCUT2D eigenvalue weighted by atomic mass is 16.1. The second kappa shape index (κ2) is 4.13. The van der Waals surface area contributed by atoms with Gasteiger partial charge in [-0.1, -0.05) is 13.5 Å². The number of amides is 1. The Labute approximate surface area is 67.9 Å². The lowest BCUT2D eigenvalue weighted by Gasteiger charge is -2.22. The molecule has 0 aromatic carbocycles. The van der Waals surface area contributed by atoms with E-state index in [9.17, 15) is 4.79 Å². The van der Waals surface area contributed by atoms with E-state index in [0.29, 0.717) is 5.57 Å². The van der Waals surface area contributed by atoms with Crippen LogP contribution in [0.3, 0.4) is 0 Å². The zero-order chi connectivity index (χ0) is 9.02. The van der Waals surface area contributed by atoms with Gasteiger partial charge < -0.3 is 10.6 Å². The van der Waals surface area contributed by atoms with Crippen LogP contribution in [0.15, 0.2) is 12.2 Å². The number of hydrogen-bond donors (Lipinski definition) is 1. The third-order valence-electron chi connectivity index (χ3n) is 1.73. The van der Waals surface area contributed by atoms with E-state index in [-0.39, 0.29) is 6.04 Å². The molecule has 2 N–H and O–H groups in total. The maximum absolute atomic E-state index is 10.7. The van der Waals surface area contributed by atoms with Gasteiger partial charge in [0.25, 0.3) is 0 Å². The molecule has 0 aliphatic heterocycles. The van der Waals surface area contributed by atoms with Crippen molar-refractivity contribution in [3.05, 3.63) is 12.2 Å². The summed E-state index contributed by atoms with van der Waals surface area (Å²) in [7, 11) is 3.81. The molecule has 1 amide bonds. The molecule has 0 saturated heterocycles. The van der Waals surface area contributed by atoms with Crippen molar-refractivity contribution in [2.45, 2.75) is 19.4 Å². The Balaban J connectivity index is 4.26. The molecule has 1 atom stereocenters. The van der Waals surface area contributed by atoms with Gasteiger partial charge in [0.1, 0.15) is 0 Å². The number of likely N-dealkylation sites (N-methyl/N-ethyl adjacent to an activating group) is 1. The van der Waals surface area contributed by atoms with Crippen LogP contribution in [0.2, 0.25) is 0 Å². The number of primary amides is 1. The van der Waals surface area contributed by atoms with Crippen molar-refractivity contribution >= 4 is 5.91 Å². The summed E-state index contributed by atoms with van der Waals surface area (Å²) in [5.41, 5.74) is 5.57. The summed E-state index contributed by atoms with van der Waals surface area (Å²) in [6, 6.07) is 0.0764. The molecule has 0 spiro atoms. The molecule has 0 radical (unpaired) electrons. The Kier molecular flexibility index (Phi) is 3.82. The molecule has 64 valence electrons. The van der Waals surface area contributed by atoms with Gasteiger partial charge in [-0.3, -0.25) is 4.79 Å². The Morgan fingerprint density at radius 3 is 2.18 bits per heavy atom. The van der Waals surface area contributed by atoms with Crippen LogP contribution in [0.25, 0.3) is 0 Å². The van der Waals surface area contributed by atoms with Crippen molar-refractivity contribution in [2.24, 2.45) is 5.73 Å². The minimum Gasteiger partial charge on any atom is -0.366 e. The van der Waals surface area contributed by atoms with Gasteiger partial charge in [0.15, 0.2) is 0 Å². The summed E-state index contributed by atoms with van der Waals surface area (Å²) in [4.78, 5) is 12.6. The zero-order valence-electron chi connectivity index (χ0n) is 7.42. The first-order valence-electron chi connectivity index (χ1n) is 3.65. The van der Waals surface area contributed by atoms with Crippen LogP contribution in [-0.2, 0) is 4.79 Å². The smallest absolute Gasteiger partial charge is 0.245 e. The lowest BCUT2D eigenvalue weighted by molar-refractivity contribution is -0.115. The highest BCUT2D eigenvalue weighted by Crippen LogP contribution is 2.08. The quantitative estimate of drug-likeness (QED) is 0.598. The van der Waals surface area contributed by atoms with Crippen LogP contribution >= 0.6 is 0 Å². The molecular weight excluding hydrogens is 140 g/mol. The minimum absolute atomic E-state index is 0.0764. The number of carbonyl (C=O) groups is 1. The van der Waals surface area contributed by atoms with Crippen LogP contribution in [-0.4, -0.2) is 30.9 Å². The first kappa shape index (κ1) is 10.2. The molecule has 0 aliphatic rings. The molecule has 3 heteroatoms. The average molecular weight is 156 g/mol. The Morgan fingerprint density at radius 1 is 1.64 bits per heavy atom. The molecule has 0 aromatic heterocycles. The lowest BCUT2D eigenvalue weighted by atomic mass is 10.1. The summed E-state index contributed by atoms with van der Waals surface area (Å²) in [5, 5.41) is 0. The first-order valence-corrected chi connectivity index (χ1v) is 3.65. The Bertz CT molecular complexity index is 163. The van der Waals surface area contributed by atoms with E-state index >= 15 is 0 Å². The minimum atomic E-state index is -0.412. The van der Waals surface area contributed by atoms with E-state index in [0.717, 1.165) is 6.42 Å². The predicted octanol–water partition coefficient (Wildman–Crippen LogP) is 0.368. The van der Waals surface area contributed by atoms with E-state index in [1.807, 2.05) is 25.9 Å². The van der Waals surface area contributed by atoms with Gasteiger partial charge in [0.05, 0.1) is 0 Å². The fraction of sp³-hybridized carbons (Fsp3) is 0.625. The summed E-state index contributed by atoms with van der Waals surface area (Å²) < 4.78 is 0. The fourth-order valence-electron chi connectivity index (χ4n) is 1.09. The topological polar surface area (TPSA) is 46.3 Å². The second-order valence-corrected chi connectivity index (χ2v) is 2.78. The fourth-order valence-corrected chi connectivity index (χ4v) is 1.09. The van der Waals surface area contributed by atoms with Crippen molar-refractivity contribution in [1.82, 2.24) is 4.90 Å². The first-order chi connectivity index (χ1) is 5.00. The van der Waals surface area contributed by atoms with Crippen molar-refractivity contribution < 1.29 is 4.79 Å².